The minimum Gasteiger partial charge on any atom is -0.466 e. The Balaban J connectivity index is -0.000000287. The monoisotopic (exact) mass is 660 g/mol. The zero-order valence-electron chi connectivity index (χ0n) is 27.0. The Morgan fingerprint density at radius 1 is 0.468 bits per heavy atom. The number of anilines is 2. The van der Waals surface area contributed by atoms with Gasteiger partial charge in [0.15, 0.2) is 11.6 Å². The largest absolute Gasteiger partial charge is 0.466 e. The molecule has 2 aromatic carbocycles. The molecule has 0 unspecified atom stereocenters. The summed E-state index contributed by atoms with van der Waals surface area (Å²) in [7, 11) is 0. The van der Waals surface area contributed by atoms with E-state index in [0.29, 0.717) is 62.9 Å². The summed E-state index contributed by atoms with van der Waals surface area (Å²) in [5.74, 6) is -0.192. The number of ketones is 2. The number of benzene rings is 2. The molecule has 266 valence electrons. The van der Waals surface area contributed by atoms with E-state index in [2.05, 4.69) is 10.6 Å². The first-order valence-corrected chi connectivity index (χ1v) is 15.2. The summed E-state index contributed by atoms with van der Waals surface area (Å²) >= 11 is 0. The van der Waals surface area contributed by atoms with Gasteiger partial charge in [0.25, 0.3) is 0 Å². The highest BCUT2D eigenvalue weighted by molar-refractivity contribution is 5.99. The first-order valence-electron chi connectivity index (χ1n) is 15.2. The maximum atomic E-state index is 11.3. The Labute approximate surface area is 283 Å². The van der Waals surface area contributed by atoms with Gasteiger partial charge in [-0.2, -0.15) is 0 Å². The molecule has 0 atom stereocenters. The zero-order chi connectivity index (χ0) is 33.3. The van der Waals surface area contributed by atoms with Crippen LogP contribution in [0.2, 0.25) is 0 Å². The topological polar surface area (TPSA) is 145 Å². The third-order valence-corrected chi connectivity index (χ3v) is 5.91. The molecule has 0 bridgehead atoms. The van der Waals surface area contributed by atoms with Gasteiger partial charge in [0, 0.05) is 61.0 Å². The summed E-state index contributed by atoms with van der Waals surface area (Å²) in [6, 6.07) is 13.9. The van der Waals surface area contributed by atoms with Gasteiger partial charge in [-0.15, -0.1) is 0 Å². The van der Waals surface area contributed by atoms with Crippen LogP contribution in [0.3, 0.4) is 0 Å². The molecule has 0 heterocycles. The molecule has 0 aliphatic rings. The highest BCUT2D eigenvalue weighted by Crippen LogP contribution is 2.14. The molecule has 0 aromatic heterocycles. The smallest absolute Gasteiger partial charge is 0.305 e. The molecule has 47 heavy (non-hydrogen) atoms. The highest BCUT2D eigenvalue weighted by atomic mass is 16.5. The molecule has 0 saturated heterocycles. The number of nitrogens with one attached hydrogen (secondary N) is 2. The summed E-state index contributed by atoms with van der Waals surface area (Å²) < 4.78 is 9.69. The molecular formula is C37H60N2O8. The molecule has 10 nitrogen and oxygen atoms in total. The van der Waals surface area contributed by atoms with E-state index in [1.807, 2.05) is 13.8 Å². The Kier molecular flexibility index (Phi) is 32.0. The number of unbranched alkanes of at least 4 members (excludes halogenated alkanes) is 1. The zero-order valence-corrected chi connectivity index (χ0v) is 27.0. The molecular weight excluding hydrogens is 600 g/mol. The minimum atomic E-state index is -0.185. The summed E-state index contributed by atoms with van der Waals surface area (Å²) in [6.07, 6.45) is 4.20. The molecule has 0 aliphatic heterocycles. The van der Waals surface area contributed by atoms with Gasteiger partial charge < -0.3 is 20.1 Å². The quantitative estimate of drug-likeness (QED) is 0.109. The van der Waals surface area contributed by atoms with Crippen molar-refractivity contribution in [3.8, 4) is 0 Å². The number of carbonyl (C=O) groups is 6. The number of esters is 2. The SMILES string of the molecule is C.C.C.CCC(=O)Nc1ccc(NC(=O)CC)cc1.CCC(=O)OCCCCOC(=O)CC.CCC(=O)c1ccc(C(=O)CC)cc1. The highest BCUT2D eigenvalue weighted by Gasteiger charge is 2.06. The van der Waals surface area contributed by atoms with E-state index in [1.165, 1.54) is 0 Å². The van der Waals surface area contributed by atoms with E-state index in [9.17, 15) is 28.8 Å². The van der Waals surface area contributed by atoms with E-state index >= 15 is 0 Å². The van der Waals surface area contributed by atoms with Gasteiger partial charge in [-0.1, -0.05) is 88.1 Å². The standard InChI is InChI=1S/C12H16N2O2.C12H14O2.C10H18O4.3CH4/c1-3-11(15)13-9-5-7-10(8-6-9)14-12(16)4-2;1-3-11(13)9-5-7-10(8-6-9)12(14)4-2;1-3-9(11)13-7-5-6-8-14-10(12)4-2;;;/h5-8H,3-4H2,1-2H3,(H,13,15)(H,14,16);5-8H,3-4H2,1-2H3;3-8H2,1-2H3;3*1H4. The number of carbonyl (C=O) groups excluding carboxylic acids is 6. The minimum absolute atomic E-state index is 0. The molecule has 0 aliphatic carbocycles. The molecule has 2 rings (SSSR count). The summed E-state index contributed by atoms with van der Waals surface area (Å²) in [5, 5.41) is 5.47. The molecule has 10 heteroatoms. The average molecular weight is 661 g/mol. The Morgan fingerprint density at radius 2 is 0.766 bits per heavy atom. The second-order valence-electron chi connectivity index (χ2n) is 9.37. The normalized spacial score (nSPS) is 9.06. The molecule has 0 fully saturated rings. The van der Waals surface area contributed by atoms with Gasteiger partial charge >= 0.3 is 11.9 Å². The second-order valence-corrected chi connectivity index (χ2v) is 9.37. The van der Waals surface area contributed by atoms with Crippen molar-refractivity contribution >= 4 is 46.7 Å². The summed E-state index contributed by atoms with van der Waals surface area (Å²) in [5.41, 5.74) is 2.84. The maximum absolute atomic E-state index is 11.3. The van der Waals surface area contributed by atoms with Gasteiger partial charge in [-0.3, -0.25) is 28.8 Å². The first-order chi connectivity index (χ1) is 21.0. The van der Waals surface area contributed by atoms with E-state index < -0.39 is 0 Å². The van der Waals surface area contributed by atoms with Crippen LogP contribution in [-0.4, -0.2) is 48.5 Å². The predicted molar refractivity (Wildman–Crippen MR) is 192 cm³/mol. The fourth-order valence-electron chi connectivity index (χ4n) is 3.17. The molecule has 0 saturated carbocycles. The van der Waals surface area contributed by atoms with Crippen LogP contribution in [0.5, 0.6) is 0 Å². The van der Waals surface area contributed by atoms with E-state index in [0.717, 1.165) is 24.2 Å². The predicted octanol–water partition coefficient (Wildman–Crippen LogP) is 8.84. The van der Waals surface area contributed by atoms with Crippen molar-refractivity contribution in [1.29, 1.82) is 0 Å². The molecule has 0 radical (unpaired) electrons. The van der Waals surface area contributed by atoms with Crippen molar-refractivity contribution < 1.29 is 38.2 Å². The van der Waals surface area contributed by atoms with Crippen LogP contribution in [0.1, 0.15) is 136 Å². The van der Waals surface area contributed by atoms with Crippen LogP contribution in [0.25, 0.3) is 0 Å². The lowest BCUT2D eigenvalue weighted by molar-refractivity contribution is -0.145. The lowest BCUT2D eigenvalue weighted by Crippen LogP contribution is -2.11. The Hall–Kier alpha value is -4.34. The number of Topliss-reactive ketones (excluding diaryl/α,β-unsaturated/α-hetero) is 2. The van der Waals surface area contributed by atoms with Crippen molar-refractivity contribution in [1.82, 2.24) is 0 Å². The summed E-state index contributed by atoms with van der Waals surface area (Å²) in [4.78, 5) is 66.2. The van der Waals surface area contributed by atoms with Gasteiger partial charge in [-0.05, 0) is 37.1 Å². The molecule has 2 amide bonds. The van der Waals surface area contributed by atoms with E-state index in [1.54, 1.807) is 76.2 Å². The van der Waals surface area contributed by atoms with Crippen LogP contribution in [0, 0.1) is 0 Å². The molecule has 0 spiro atoms. The van der Waals surface area contributed by atoms with Crippen LogP contribution in [0.15, 0.2) is 48.5 Å². The van der Waals surface area contributed by atoms with Crippen molar-refractivity contribution in [3.63, 3.8) is 0 Å². The number of hydrogen-bond acceptors (Lipinski definition) is 8. The number of hydrogen-bond donors (Lipinski definition) is 2. The van der Waals surface area contributed by atoms with Crippen molar-refractivity contribution in [2.75, 3.05) is 23.8 Å². The fraction of sp³-hybridized carbons (Fsp3) is 0.514. The van der Waals surface area contributed by atoms with Crippen LogP contribution >= 0.6 is 0 Å². The Morgan fingerprint density at radius 3 is 1.00 bits per heavy atom. The van der Waals surface area contributed by atoms with Crippen molar-refractivity contribution in [3.05, 3.63) is 59.7 Å². The van der Waals surface area contributed by atoms with E-state index in [4.69, 9.17) is 9.47 Å². The first kappa shape index (κ1) is 49.5. The van der Waals surface area contributed by atoms with Gasteiger partial charge in [0.2, 0.25) is 11.8 Å². The van der Waals surface area contributed by atoms with E-state index in [-0.39, 0.29) is 57.6 Å². The molecule has 2 N–H and O–H groups in total. The third kappa shape index (κ3) is 23.6. The lowest BCUT2D eigenvalue weighted by Gasteiger charge is -2.06. The van der Waals surface area contributed by atoms with Crippen molar-refractivity contribution in [2.24, 2.45) is 0 Å². The van der Waals surface area contributed by atoms with Gasteiger partial charge in [0.05, 0.1) is 13.2 Å². The number of ether oxygens (including phenoxy) is 2. The second kappa shape index (κ2) is 30.3. The fourth-order valence-corrected chi connectivity index (χ4v) is 3.17. The lowest BCUT2D eigenvalue weighted by atomic mass is 10.0. The van der Waals surface area contributed by atoms with Crippen LogP contribution in [-0.2, 0) is 28.7 Å². The number of amides is 2. The van der Waals surface area contributed by atoms with Gasteiger partial charge in [0.1, 0.15) is 0 Å². The maximum Gasteiger partial charge on any atom is 0.305 e. The molecule has 2 aromatic rings. The van der Waals surface area contributed by atoms with Crippen LogP contribution < -0.4 is 10.6 Å². The third-order valence-electron chi connectivity index (χ3n) is 5.91. The van der Waals surface area contributed by atoms with Gasteiger partial charge in [-0.25, -0.2) is 0 Å². The Bertz CT molecular complexity index is 1080. The number of rotatable bonds is 15. The average Bonchev–Trinajstić information content (AvgIpc) is 3.06. The summed E-state index contributed by atoms with van der Waals surface area (Å²) in [6.45, 7) is 11.6. The van der Waals surface area contributed by atoms with Crippen LogP contribution in [0.4, 0.5) is 11.4 Å². The van der Waals surface area contributed by atoms with Crippen molar-refractivity contribution in [2.45, 2.75) is 115 Å².